The molecule has 0 saturated heterocycles. The first-order valence-corrected chi connectivity index (χ1v) is 12.7. The molecule has 0 radical (unpaired) electrons. The quantitative estimate of drug-likeness (QED) is 0.236. The van der Waals surface area contributed by atoms with E-state index < -0.39 is 5.60 Å². The van der Waals surface area contributed by atoms with E-state index in [2.05, 4.69) is 73.3 Å². The molecule has 2 heterocycles. The van der Waals surface area contributed by atoms with Gasteiger partial charge >= 0.3 is 5.97 Å². The van der Waals surface area contributed by atoms with E-state index in [1.54, 1.807) is 0 Å². The molecule has 4 heteroatoms. The Morgan fingerprint density at radius 3 is 1.82 bits per heavy atom. The Hall–Kier alpha value is -4.83. The Morgan fingerprint density at radius 1 is 0.579 bits per heavy atom. The molecule has 1 atom stereocenters. The van der Waals surface area contributed by atoms with Crippen LogP contribution in [0.1, 0.15) is 38.2 Å². The Bertz CT molecular complexity index is 1660. The molecule has 0 fully saturated rings. The molecule has 0 N–H and O–H groups in total. The second-order valence-electron chi connectivity index (χ2n) is 9.90. The summed E-state index contributed by atoms with van der Waals surface area (Å²) in [7, 11) is 0. The predicted molar refractivity (Wildman–Crippen MR) is 149 cm³/mol. The van der Waals surface area contributed by atoms with Gasteiger partial charge in [0, 0.05) is 39.8 Å². The Labute approximate surface area is 221 Å². The highest BCUT2D eigenvalue weighted by Crippen LogP contribution is 2.56. The molecule has 1 spiro atoms. The number of nitrogens with zero attached hydrogens (tertiary/aromatic N) is 1. The number of rotatable bonds is 3. The summed E-state index contributed by atoms with van der Waals surface area (Å²) in [5, 5.41) is 0. The van der Waals surface area contributed by atoms with Crippen LogP contribution in [0.4, 0.5) is 17.1 Å². The van der Waals surface area contributed by atoms with E-state index in [-0.39, 0.29) is 5.97 Å². The highest BCUT2D eigenvalue weighted by molar-refractivity contribution is 5.97. The Balaban J connectivity index is 1.44. The van der Waals surface area contributed by atoms with Crippen molar-refractivity contribution in [2.45, 2.75) is 19.4 Å². The summed E-state index contributed by atoms with van der Waals surface area (Å²) in [6, 6.07) is 38.6. The average molecular weight is 496 g/mol. The fourth-order valence-corrected chi connectivity index (χ4v) is 5.59. The number of para-hydroxylation sites is 1. The minimum atomic E-state index is -1.06. The van der Waals surface area contributed by atoms with Gasteiger partial charge in [-0.25, -0.2) is 4.79 Å². The highest BCUT2D eigenvalue weighted by Gasteiger charge is 2.53. The zero-order valence-electron chi connectivity index (χ0n) is 21.1. The number of ether oxygens (including phenoxy) is 2. The third-order valence-corrected chi connectivity index (χ3v) is 7.45. The lowest BCUT2D eigenvalue weighted by atomic mass is 9.77. The fourth-order valence-electron chi connectivity index (χ4n) is 5.59. The second kappa shape index (κ2) is 8.35. The van der Waals surface area contributed by atoms with Gasteiger partial charge in [0.05, 0.1) is 5.56 Å². The number of hydrogen-bond donors (Lipinski definition) is 0. The molecule has 4 nitrogen and oxygen atoms in total. The summed E-state index contributed by atoms with van der Waals surface area (Å²) < 4.78 is 12.8. The number of benzene rings is 5. The van der Waals surface area contributed by atoms with Crippen LogP contribution < -0.4 is 9.64 Å². The van der Waals surface area contributed by atoms with Crippen LogP contribution in [0.2, 0.25) is 0 Å². The van der Waals surface area contributed by atoms with Gasteiger partial charge in [0.2, 0.25) is 0 Å². The van der Waals surface area contributed by atoms with Crippen LogP contribution in [-0.4, -0.2) is 5.97 Å². The molecule has 0 amide bonds. The van der Waals surface area contributed by atoms with Crippen LogP contribution in [0.25, 0.3) is 0 Å². The first-order valence-electron chi connectivity index (χ1n) is 12.7. The van der Waals surface area contributed by atoms with Crippen LogP contribution in [0.5, 0.6) is 11.5 Å². The second-order valence-corrected chi connectivity index (χ2v) is 9.90. The van der Waals surface area contributed by atoms with Crippen molar-refractivity contribution in [2.75, 3.05) is 4.90 Å². The van der Waals surface area contributed by atoms with E-state index in [9.17, 15) is 4.79 Å². The summed E-state index contributed by atoms with van der Waals surface area (Å²) in [6.07, 6.45) is 0. The van der Waals surface area contributed by atoms with E-state index in [0.717, 1.165) is 33.8 Å². The number of carbonyl (C=O) groups excluding carboxylic acids is 1. The highest BCUT2D eigenvalue weighted by atomic mass is 16.6. The predicted octanol–water partition coefficient (Wildman–Crippen LogP) is 8.34. The van der Waals surface area contributed by atoms with Gasteiger partial charge in [0.25, 0.3) is 0 Å². The van der Waals surface area contributed by atoms with Crippen LogP contribution >= 0.6 is 0 Å². The van der Waals surface area contributed by atoms with Crippen molar-refractivity contribution in [3.63, 3.8) is 0 Å². The van der Waals surface area contributed by atoms with E-state index >= 15 is 0 Å². The molecule has 2 aliphatic heterocycles. The molecule has 7 rings (SSSR count). The van der Waals surface area contributed by atoms with Crippen LogP contribution in [-0.2, 0) is 10.3 Å². The lowest BCUT2D eigenvalue weighted by Crippen LogP contribution is -2.33. The van der Waals surface area contributed by atoms with Crippen LogP contribution in [0.3, 0.4) is 0 Å². The lowest BCUT2D eigenvalue weighted by molar-refractivity contribution is 0.0224. The molecule has 5 aromatic rings. The SMILES string of the molecule is Cc1ccc(N(c2ccc(C)cc2)c2ccc3c(c2)Oc2ccccc2C32OC(=O)c3ccccc32)cc1. The Morgan fingerprint density at radius 2 is 1.13 bits per heavy atom. The van der Waals surface area contributed by atoms with E-state index in [1.807, 2.05) is 60.7 Å². The molecule has 2 aliphatic rings. The lowest BCUT2D eigenvalue weighted by Gasteiger charge is -2.37. The van der Waals surface area contributed by atoms with Gasteiger partial charge in [-0.3, -0.25) is 0 Å². The van der Waals surface area contributed by atoms with Gasteiger partial charge in [0.1, 0.15) is 11.5 Å². The number of hydrogen-bond acceptors (Lipinski definition) is 4. The standard InChI is InChI=1S/C34H25NO3/c1-22-11-15-24(16-12-22)35(25-17-13-23(2)14-18-25)26-19-20-30-32(21-26)37-31-10-6-5-9-29(31)34(30)28-8-4-3-7-27(28)33(36)38-34/h3-21H,1-2H3. The van der Waals surface area contributed by atoms with Crippen molar-refractivity contribution in [1.29, 1.82) is 0 Å². The van der Waals surface area contributed by atoms with Crippen LogP contribution in [0.15, 0.2) is 115 Å². The van der Waals surface area contributed by atoms with E-state index in [1.165, 1.54) is 11.1 Å². The van der Waals surface area contributed by atoms with Crippen molar-refractivity contribution in [1.82, 2.24) is 0 Å². The van der Waals surface area contributed by atoms with Gasteiger partial charge in [-0.15, -0.1) is 0 Å². The largest absolute Gasteiger partial charge is 0.456 e. The topological polar surface area (TPSA) is 38.8 Å². The number of esters is 1. The van der Waals surface area contributed by atoms with E-state index in [4.69, 9.17) is 9.47 Å². The number of aryl methyl sites for hydroxylation is 2. The monoisotopic (exact) mass is 495 g/mol. The Kier molecular flexibility index (Phi) is 4.92. The summed E-state index contributed by atoms with van der Waals surface area (Å²) >= 11 is 0. The normalized spacial score (nSPS) is 16.7. The van der Waals surface area contributed by atoms with Gasteiger partial charge in [-0.1, -0.05) is 71.8 Å². The molecule has 0 aliphatic carbocycles. The minimum absolute atomic E-state index is 0.326. The third kappa shape index (κ3) is 3.27. The van der Waals surface area contributed by atoms with Crippen molar-refractivity contribution in [3.8, 4) is 11.5 Å². The summed E-state index contributed by atoms with van der Waals surface area (Å²) in [5.74, 6) is 1.02. The average Bonchev–Trinajstić information content (AvgIpc) is 3.24. The maximum Gasteiger partial charge on any atom is 0.340 e. The van der Waals surface area contributed by atoms with Crippen molar-refractivity contribution in [3.05, 3.63) is 149 Å². The molecule has 5 aromatic carbocycles. The zero-order valence-corrected chi connectivity index (χ0v) is 21.1. The summed E-state index contributed by atoms with van der Waals surface area (Å²) in [4.78, 5) is 15.3. The van der Waals surface area contributed by atoms with Crippen molar-refractivity contribution < 1.29 is 14.3 Å². The third-order valence-electron chi connectivity index (χ3n) is 7.45. The van der Waals surface area contributed by atoms with Gasteiger partial charge in [-0.05, 0) is 62.4 Å². The smallest absolute Gasteiger partial charge is 0.340 e. The van der Waals surface area contributed by atoms with Crippen molar-refractivity contribution in [2.24, 2.45) is 0 Å². The number of fused-ring (bicyclic) bond motifs is 6. The van der Waals surface area contributed by atoms with Crippen LogP contribution in [0, 0.1) is 13.8 Å². The maximum absolute atomic E-state index is 13.1. The summed E-state index contributed by atoms with van der Waals surface area (Å²) in [6.45, 7) is 4.18. The number of carbonyl (C=O) groups is 1. The molecule has 0 bridgehead atoms. The minimum Gasteiger partial charge on any atom is -0.456 e. The fraction of sp³-hybridized carbons (Fsp3) is 0.0882. The first-order chi connectivity index (χ1) is 18.5. The molecule has 1 unspecified atom stereocenters. The molecular weight excluding hydrogens is 470 g/mol. The molecule has 0 aromatic heterocycles. The molecule has 184 valence electrons. The molecular formula is C34H25NO3. The van der Waals surface area contributed by atoms with Gasteiger partial charge in [0.15, 0.2) is 5.60 Å². The van der Waals surface area contributed by atoms with Gasteiger partial charge < -0.3 is 14.4 Å². The zero-order chi connectivity index (χ0) is 25.9. The maximum atomic E-state index is 13.1. The van der Waals surface area contributed by atoms with Crippen molar-refractivity contribution >= 4 is 23.0 Å². The molecule has 38 heavy (non-hydrogen) atoms. The van der Waals surface area contributed by atoms with E-state index in [0.29, 0.717) is 17.1 Å². The molecule has 0 saturated carbocycles. The van der Waals surface area contributed by atoms with Gasteiger partial charge in [-0.2, -0.15) is 0 Å². The first kappa shape index (κ1) is 22.4. The number of anilines is 3. The summed E-state index contributed by atoms with van der Waals surface area (Å²) in [5.41, 5.74) is 7.43.